The molecule has 0 aromatic heterocycles. The Bertz CT molecular complexity index is 1280. The SMILES string of the molecule is CNC(=O)c1ccc2cc(O)c(C(=O)Nc3c(C)ccc4ccccc34)cc2c1. The Morgan fingerprint density at radius 3 is 2.38 bits per heavy atom. The highest BCUT2D eigenvalue weighted by Crippen LogP contribution is 2.30. The molecule has 3 N–H and O–H groups in total. The van der Waals surface area contributed by atoms with Gasteiger partial charge in [-0.05, 0) is 52.9 Å². The summed E-state index contributed by atoms with van der Waals surface area (Å²) < 4.78 is 0. The highest BCUT2D eigenvalue weighted by Gasteiger charge is 2.16. The van der Waals surface area contributed by atoms with E-state index in [0.717, 1.165) is 21.7 Å². The second-order valence-electron chi connectivity index (χ2n) is 6.94. The van der Waals surface area contributed by atoms with Gasteiger partial charge in [-0.15, -0.1) is 0 Å². The molecule has 0 aliphatic rings. The van der Waals surface area contributed by atoms with Gasteiger partial charge in [0.15, 0.2) is 0 Å². The van der Waals surface area contributed by atoms with Crippen molar-refractivity contribution in [2.45, 2.75) is 6.92 Å². The molecular formula is C24H20N2O3. The Hall–Kier alpha value is -3.86. The third-order valence-electron chi connectivity index (χ3n) is 5.06. The van der Waals surface area contributed by atoms with Crippen LogP contribution in [0, 0.1) is 6.92 Å². The van der Waals surface area contributed by atoms with Gasteiger partial charge in [0.1, 0.15) is 5.75 Å². The first-order chi connectivity index (χ1) is 14.0. The van der Waals surface area contributed by atoms with E-state index < -0.39 is 5.91 Å². The monoisotopic (exact) mass is 384 g/mol. The Morgan fingerprint density at radius 1 is 0.828 bits per heavy atom. The van der Waals surface area contributed by atoms with E-state index in [1.165, 1.54) is 6.07 Å². The zero-order valence-electron chi connectivity index (χ0n) is 16.1. The molecule has 0 radical (unpaired) electrons. The third kappa shape index (κ3) is 3.38. The molecule has 0 saturated carbocycles. The summed E-state index contributed by atoms with van der Waals surface area (Å²) in [5, 5.41) is 19.3. The summed E-state index contributed by atoms with van der Waals surface area (Å²) in [5.41, 5.74) is 2.28. The number of phenolic OH excluding ortho intramolecular Hbond substituents is 1. The Labute approximate surface area is 168 Å². The molecule has 0 saturated heterocycles. The van der Waals surface area contributed by atoms with Gasteiger partial charge in [0, 0.05) is 18.0 Å². The molecule has 0 aliphatic carbocycles. The fourth-order valence-corrected chi connectivity index (χ4v) is 3.48. The summed E-state index contributed by atoms with van der Waals surface area (Å²) >= 11 is 0. The number of aromatic hydroxyl groups is 1. The minimum atomic E-state index is -0.408. The molecule has 4 aromatic carbocycles. The summed E-state index contributed by atoms with van der Waals surface area (Å²) in [6, 6.07) is 20.0. The zero-order valence-corrected chi connectivity index (χ0v) is 16.1. The predicted octanol–water partition coefficient (Wildman–Crippen LogP) is 4.62. The van der Waals surface area contributed by atoms with Crippen LogP contribution >= 0.6 is 0 Å². The number of hydrogen-bond donors (Lipinski definition) is 3. The number of aryl methyl sites for hydroxylation is 1. The summed E-state index contributed by atoms with van der Waals surface area (Å²) in [6.45, 7) is 1.93. The lowest BCUT2D eigenvalue weighted by Crippen LogP contribution is -2.17. The highest BCUT2D eigenvalue weighted by atomic mass is 16.3. The summed E-state index contributed by atoms with van der Waals surface area (Å²) in [7, 11) is 1.56. The van der Waals surface area contributed by atoms with Crippen molar-refractivity contribution in [3.8, 4) is 5.75 Å². The maximum Gasteiger partial charge on any atom is 0.259 e. The van der Waals surface area contributed by atoms with Gasteiger partial charge < -0.3 is 15.7 Å². The van der Waals surface area contributed by atoms with Crippen LogP contribution in [-0.4, -0.2) is 24.0 Å². The van der Waals surface area contributed by atoms with Gasteiger partial charge in [0.25, 0.3) is 11.8 Å². The average Bonchev–Trinajstić information content (AvgIpc) is 2.74. The van der Waals surface area contributed by atoms with Crippen molar-refractivity contribution < 1.29 is 14.7 Å². The minimum Gasteiger partial charge on any atom is -0.507 e. The Kier molecular flexibility index (Phi) is 4.64. The van der Waals surface area contributed by atoms with Crippen molar-refractivity contribution in [2.24, 2.45) is 0 Å². The van der Waals surface area contributed by atoms with E-state index in [4.69, 9.17) is 0 Å². The van der Waals surface area contributed by atoms with Crippen LogP contribution < -0.4 is 10.6 Å². The van der Waals surface area contributed by atoms with Gasteiger partial charge in [0.2, 0.25) is 0 Å². The number of anilines is 1. The van der Waals surface area contributed by atoms with Crippen LogP contribution in [0.5, 0.6) is 5.75 Å². The van der Waals surface area contributed by atoms with Gasteiger partial charge in [-0.25, -0.2) is 0 Å². The molecule has 0 unspecified atom stereocenters. The molecule has 0 aliphatic heterocycles. The number of amides is 2. The Balaban J connectivity index is 1.76. The van der Waals surface area contributed by atoms with E-state index in [9.17, 15) is 14.7 Å². The van der Waals surface area contributed by atoms with Crippen LogP contribution in [0.15, 0.2) is 66.7 Å². The van der Waals surface area contributed by atoms with Crippen LogP contribution in [-0.2, 0) is 0 Å². The van der Waals surface area contributed by atoms with Crippen molar-refractivity contribution >= 4 is 39.0 Å². The van der Waals surface area contributed by atoms with E-state index in [-0.39, 0.29) is 17.2 Å². The van der Waals surface area contributed by atoms with E-state index >= 15 is 0 Å². The average molecular weight is 384 g/mol. The number of fused-ring (bicyclic) bond motifs is 2. The maximum absolute atomic E-state index is 13.0. The number of benzene rings is 4. The second kappa shape index (κ2) is 7.28. The zero-order chi connectivity index (χ0) is 20.5. The largest absolute Gasteiger partial charge is 0.507 e. The lowest BCUT2D eigenvalue weighted by molar-refractivity contribution is 0.0962. The summed E-state index contributed by atoms with van der Waals surface area (Å²) in [5.74, 6) is -0.730. The van der Waals surface area contributed by atoms with E-state index in [2.05, 4.69) is 10.6 Å². The minimum absolute atomic E-state index is 0.111. The quantitative estimate of drug-likeness (QED) is 0.482. The number of rotatable bonds is 3. The van der Waals surface area contributed by atoms with Crippen molar-refractivity contribution in [1.29, 1.82) is 0 Å². The predicted molar refractivity (Wildman–Crippen MR) is 116 cm³/mol. The molecule has 5 heteroatoms. The van der Waals surface area contributed by atoms with E-state index in [0.29, 0.717) is 16.6 Å². The summed E-state index contributed by atoms with van der Waals surface area (Å²) in [4.78, 5) is 24.9. The number of carbonyl (C=O) groups excluding carboxylic acids is 2. The lowest BCUT2D eigenvalue weighted by Gasteiger charge is -2.13. The van der Waals surface area contributed by atoms with Crippen molar-refractivity contribution in [1.82, 2.24) is 5.32 Å². The van der Waals surface area contributed by atoms with Gasteiger partial charge in [-0.1, -0.05) is 42.5 Å². The van der Waals surface area contributed by atoms with Crippen LogP contribution in [0.1, 0.15) is 26.3 Å². The third-order valence-corrected chi connectivity index (χ3v) is 5.06. The number of phenols is 1. The van der Waals surface area contributed by atoms with Crippen molar-refractivity contribution in [2.75, 3.05) is 12.4 Å². The standard InChI is InChI=1S/C24H20N2O3/c1-14-7-8-15-5-3-4-6-19(15)22(14)26-24(29)20-12-18-11-17(23(28)25-2)10-9-16(18)13-21(20)27/h3-13,27H,1-2H3,(H,25,28)(H,26,29). The fraction of sp³-hybridized carbons (Fsp3) is 0.0833. The highest BCUT2D eigenvalue weighted by molar-refractivity contribution is 6.13. The molecule has 0 heterocycles. The van der Waals surface area contributed by atoms with Gasteiger partial charge in [-0.2, -0.15) is 0 Å². The fourth-order valence-electron chi connectivity index (χ4n) is 3.48. The van der Waals surface area contributed by atoms with Crippen molar-refractivity contribution in [3.05, 3.63) is 83.4 Å². The summed E-state index contributed by atoms with van der Waals surface area (Å²) in [6.07, 6.45) is 0. The van der Waals surface area contributed by atoms with Crippen molar-refractivity contribution in [3.63, 3.8) is 0 Å². The van der Waals surface area contributed by atoms with Crippen LogP contribution in [0.25, 0.3) is 21.5 Å². The lowest BCUT2D eigenvalue weighted by atomic mass is 10.0. The molecule has 2 amide bonds. The number of nitrogens with one attached hydrogen (secondary N) is 2. The first-order valence-electron chi connectivity index (χ1n) is 9.26. The van der Waals surface area contributed by atoms with Crippen LogP contribution in [0.4, 0.5) is 5.69 Å². The molecule has 4 rings (SSSR count). The molecule has 29 heavy (non-hydrogen) atoms. The molecule has 144 valence electrons. The van der Waals surface area contributed by atoms with Gasteiger partial charge in [0.05, 0.1) is 11.3 Å². The molecule has 0 fully saturated rings. The molecule has 0 spiro atoms. The van der Waals surface area contributed by atoms with Gasteiger partial charge >= 0.3 is 0 Å². The molecule has 5 nitrogen and oxygen atoms in total. The smallest absolute Gasteiger partial charge is 0.259 e. The molecule has 0 atom stereocenters. The molecular weight excluding hydrogens is 364 g/mol. The molecule has 0 bridgehead atoms. The normalized spacial score (nSPS) is 10.8. The van der Waals surface area contributed by atoms with Gasteiger partial charge in [-0.3, -0.25) is 9.59 Å². The number of hydrogen-bond acceptors (Lipinski definition) is 3. The van der Waals surface area contributed by atoms with E-state index in [1.54, 1.807) is 31.3 Å². The Morgan fingerprint density at radius 2 is 1.59 bits per heavy atom. The first-order valence-corrected chi connectivity index (χ1v) is 9.26. The first kappa shape index (κ1) is 18.5. The number of carbonyl (C=O) groups is 2. The molecule has 4 aromatic rings. The van der Waals surface area contributed by atoms with Crippen LogP contribution in [0.3, 0.4) is 0 Å². The van der Waals surface area contributed by atoms with Crippen LogP contribution in [0.2, 0.25) is 0 Å². The topological polar surface area (TPSA) is 78.4 Å². The maximum atomic E-state index is 13.0. The second-order valence-corrected chi connectivity index (χ2v) is 6.94. The van der Waals surface area contributed by atoms with E-state index in [1.807, 2.05) is 43.3 Å².